The molecule has 2 fully saturated rings. The Morgan fingerprint density at radius 1 is 1.21 bits per heavy atom. The summed E-state index contributed by atoms with van der Waals surface area (Å²) >= 11 is 0. The zero-order chi connectivity index (χ0) is 13.5. The lowest BCUT2D eigenvalue weighted by atomic mass is 10.1. The summed E-state index contributed by atoms with van der Waals surface area (Å²) < 4.78 is 5.46. The molecule has 4 nitrogen and oxygen atoms in total. The second kappa shape index (κ2) is 8.20. The van der Waals surface area contributed by atoms with Crippen molar-refractivity contribution in [2.75, 3.05) is 52.5 Å². The zero-order valence-electron chi connectivity index (χ0n) is 12.7. The molecule has 0 amide bonds. The summed E-state index contributed by atoms with van der Waals surface area (Å²) in [5.74, 6) is 0. The van der Waals surface area contributed by atoms with Gasteiger partial charge in [0.15, 0.2) is 0 Å². The summed E-state index contributed by atoms with van der Waals surface area (Å²) in [5, 5.41) is 3.53. The Hall–Kier alpha value is -0.160. The van der Waals surface area contributed by atoms with Crippen LogP contribution in [-0.4, -0.2) is 74.4 Å². The molecule has 0 aromatic heterocycles. The first-order valence-electron chi connectivity index (χ1n) is 8.11. The fraction of sp³-hybridized carbons (Fsp3) is 1.00. The van der Waals surface area contributed by atoms with Crippen LogP contribution in [0.15, 0.2) is 0 Å². The minimum atomic E-state index is 0.732. The summed E-state index contributed by atoms with van der Waals surface area (Å²) in [6, 6.07) is 1.50. The van der Waals surface area contributed by atoms with E-state index in [0.717, 1.165) is 51.5 Å². The third-order valence-corrected chi connectivity index (χ3v) is 4.53. The van der Waals surface area contributed by atoms with Crippen LogP contribution >= 0.6 is 0 Å². The SMILES string of the molecule is CCCC(CNCC)N1CCC(N2CCOCC2)C1. The molecule has 0 radical (unpaired) electrons. The molecule has 19 heavy (non-hydrogen) atoms. The molecular formula is C15H31N3O. The van der Waals surface area contributed by atoms with Gasteiger partial charge in [0.05, 0.1) is 13.2 Å². The Labute approximate surface area is 118 Å². The normalized spacial score (nSPS) is 27.8. The molecule has 0 saturated carbocycles. The third kappa shape index (κ3) is 4.42. The van der Waals surface area contributed by atoms with Gasteiger partial charge in [-0.05, 0) is 19.4 Å². The number of likely N-dealkylation sites (N-methyl/N-ethyl adjacent to an activating group) is 1. The highest BCUT2D eigenvalue weighted by atomic mass is 16.5. The lowest BCUT2D eigenvalue weighted by Gasteiger charge is -2.33. The Balaban J connectivity index is 1.80. The first-order valence-corrected chi connectivity index (χ1v) is 8.11. The van der Waals surface area contributed by atoms with Crippen LogP contribution < -0.4 is 5.32 Å². The van der Waals surface area contributed by atoms with Crippen LogP contribution in [0.1, 0.15) is 33.1 Å². The number of hydrogen-bond acceptors (Lipinski definition) is 4. The largest absolute Gasteiger partial charge is 0.379 e. The molecule has 2 saturated heterocycles. The molecule has 2 atom stereocenters. The topological polar surface area (TPSA) is 27.7 Å². The molecule has 2 aliphatic heterocycles. The molecular weight excluding hydrogens is 238 g/mol. The van der Waals surface area contributed by atoms with Gasteiger partial charge in [-0.1, -0.05) is 20.3 Å². The number of morpholine rings is 1. The predicted molar refractivity (Wildman–Crippen MR) is 79.6 cm³/mol. The van der Waals surface area contributed by atoms with E-state index in [2.05, 4.69) is 29.0 Å². The van der Waals surface area contributed by atoms with Crippen molar-refractivity contribution in [2.24, 2.45) is 0 Å². The van der Waals surface area contributed by atoms with E-state index in [1.165, 1.54) is 32.4 Å². The molecule has 2 aliphatic rings. The Morgan fingerprint density at radius 2 is 2.00 bits per heavy atom. The molecule has 1 N–H and O–H groups in total. The Bertz CT molecular complexity index is 244. The smallest absolute Gasteiger partial charge is 0.0594 e. The molecule has 2 unspecified atom stereocenters. The lowest BCUT2D eigenvalue weighted by Crippen LogP contribution is -2.47. The van der Waals surface area contributed by atoms with Crippen molar-refractivity contribution in [1.29, 1.82) is 0 Å². The molecule has 0 aliphatic carbocycles. The van der Waals surface area contributed by atoms with Gasteiger partial charge in [0.25, 0.3) is 0 Å². The van der Waals surface area contributed by atoms with Crippen LogP contribution in [0.25, 0.3) is 0 Å². The molecule has 0 aromatic carbocycles. The molecule has 0 aromatic rings. The van der Waals surface area contributed by atoms with Gasteiger partial charge in [-0.2, -0.15) is 0 Å². The van der Waals surface area contributed by atoms with E-state index in [0.29, 0.717) is 0 Å². The number of nitrogens with zero attached hydrogens (tertiary/aromatic N) is 2. The van der Waals surface area contributed by atoms with Gasteiger partial charge in [0, 0.05) is 44.8 Å². The summed E-state index contributed by atoms with van der Waals surface area (Å²) in [5.41, 5.74) is 0. The summed E-state index contributed by atoms with van der Waals surface area (Å²) in [6.45, 7) is 13.4. The maximum atomic E-state index is 5.46. The van der Waals surface area contributed by atoms with E-state index in [1.54, 1.807) is 0 Å². The lowest BCUT2D eigenvalue weighted by molar-refractivity contribution is 0.0175. The fourth-order valence-corrected chi connectivity index (χ4v) is 3.40. The van der Waals surface area contributed by atoms with Crippen molar-refractivity contribution >= 4 is 0 Å². The molecule has 4 heteroatoms. The average Bonchev–Trinajstić information content (AvgIpc) is 2.94. The first kappa shape index (κ1) is 15.2. The molecule has 2 heterocycles. The van der Waals surface area contributed by atoms with Crippen LogP contribution in [-0.2, 0) is 4.74 Å². The second-order valence-electron chi connectivity index (χ2n) is 5.84. The summed E-state index contributed by atoms with van der Waals surface area (Å²) in [6.07, 6.45) is 3.95. The van der Waals surface area contributed by atoms with Crippen molar-refractivity contribution in [3.8, 4) is 0 Å². The van der Waals surface area contributed by atoms with Crippen LogP contribution in [0.2, 0.25) is 0 Å². The van der Waals surface area contributed by atoms with Gasteiger partial charge in [-0.15, -0.1) is 0 Å². The van der Waals surface area contributed by atoms with Crippen molar-refractivity contribution in [1.82, 2.24) is 15.1 Å². The number of ether oxygens (including phenoxy) is 1. The molecule has 2 rings (SSSR count). The van der Waals surface area contributed by atoms with Gasteiger partial charge in [-0.3, -0.25) is 9.80 Å². The van der Waals surface area contributed by atoms with E-state index in [9.17, 15) is 0 Å². The van der Waals surface area contributed by atoms with E-state index in [4.69, 9.17) is 4.74 Å². The van der Waals surface area contributed by atoms with E-state index >= 15 is 0 Å². The van der Waals surface area contributed by atoms with Crippen molar-refractivity contribution in [3.63, 3.8) is 0 Å². The second-order valence-corrected chi connectivity index (χ2v) is 5.84. The number of hydrogen-bond donors (Lipinski definition) is 1. The minimum absolute atomic E-state index is 0.732. The number of nitrogens with one attached hydrogen (secondary N) is 1. The quantitative estimate of drug-likeness (QED) is 0.751. The van der Waals surface area contributed by atoms with Crippen molar-refractivity contribution in [3.05, 3.63) is 0 Å². The molecule has 112 valence electrons. The average molecular weight is 269 g/mol. The summed E-state index contributed by atoms with van der Waals surface area (Å²) in [4.78, 5) is 5.35. The maximum Gasteiger partial charge on any atom is 0.0594 e. The summed E-state index contributed by atoms with van der Waals surface area (Å²) in [7, 11) is 0. The van der Waals surface area contributed by atoms with Crippen molar-refractivity contribution < 1.29 is 4.74 Å². The van der Waals surface area contributed by atoms with E-state index in [1.807, 2.05) is 0 Å². The minimum Gasteiger partial charge on any atom is -0.379 e. The molecule has 0 bridgehead atoms. The highest BCUT2D eigenvalue weighted by Gasteiger charge is 2.31. The van der Waals surface area contributed by atoms with E-state index in [-0.39, 0.29) is 0 Å². The van der Waals surface area contributed by atoms with Gasteiger partial charge in [0.1, 0.15) is 0 Å². The van der Waals surface area contributed by atoms with Gasteiger partial charge in [0.2, 0.25) is 0 Å². The van der Waals surface area contributed by atoms with Gasteiger partial charge >= 0.3 is 0 Å². The maximum absolute atomic E-state index is 5.46. The zero-order valence-corrected chi connectivity index (χ0v) is 12.7. The first-order chi connectivity index (χ1) is 9.35. The highest BCUT2D eigenvalue weighted by molar-refractivity contribution is 4.88. The number of likely N-dealkylation sites (tertiary alicyclic amines) is 1. The fourth-order valence-electron chi connectivity index (χ4n) is 3.40. The Morgan fingerprint density at radius 3 is 2.68 bits per heavy atom. The molecule has 0 spiro atoms. The Kier molecular flexibility index (Phi) is 6.57. The highest BCUT2D eigenvalue weighted by Crippen LogP contribution is 2.20. The van der Waals surface area contributed by atoms with Crippen LogP contribution in [0.5, 0.6) is 0 Å². The van der Waals surface area contributed by atoms with Gasteiger partial charge in [-0.25, -0.2) is 0 Å². The van der Waals surface area contributed by atoms with Crippen LogP contribution in [0.4, 0.5) is 0 Å². The van der Waals surface area contributed by atoms with Crippen LogP contribution in [0.3, 0.4) is 0 Å². The van der Waals surface area contributed by atoms with E-state index < -0.39 is 0 Å². The standard InChI is InChI=1S/C15H31N3O/c1-3-5-14(12-16-4-2)18-7-6-15(13-18)17-8-10-19-11-9-17/h14-16H,3-13H2,1-2H3. The third-order valence-electron chi connectivity index (χ3n) is 4.53. The monoisotopic (exact) mass is 269 g/mol. The van der Waals surface area contributed by atoms with Crippen LogP contribution in [0, 0.1) is 0 Å². The van der Waals surface area contributed by atoms with Crippen molar-refractivity contribution in [2.45, 2.75) is 45.2 Å². The van der Waals surface area contributed by atoms with Gasteiger partial charge < -0.3 is 10.1 Å². The predicted octanol–water partition coefficient (Wildman–Crippen LogP) is 1.17. The number of rotatable bonds is 7.